The summed E-state index contributed by atoms with van der Waals surface area (Å²) in [5.74, 6) is -2.06. The fourth-order valence-electron chi connectivity index (χ4n) is 3.66. The number of alkyl halides is 2. The van der Waals surface area contributed by atoms with Crippen molar-refractivity contribution in [2.24, 2.45) is 0 Å². The SMILES string of the molecule is CCN(CCN(NC)C(=O)Nc1ccncc1)c1ccc(N2C[C@H](CNC(=O)C(F)F)OC2=O)cc1F. The largest absolute Gasteiger partial charge is 0.442 e. The number of aromatic nitrogens is 1. The first-order chi connectivity index (χ1) is 17.7. The number of nitrogens with zero attached hydrogens (tertiary/aromatic N) is 4. The number of anilines is 3. The fourth-order valence-corrected chi connectivity index (χ4v) is 3.66. The van der Waals surface area contributed by atoms with E-state index in [0.717, 1.165) is 4.90 Å². The number of likely N-dealkylation sites (N-methyl/N-ethyl adjacent to an activating group) is 1. The number of hydrogen-bond acceptors (Lipinski definition) is 7. The molecule has 1 aromatic heterocycles. The van der Waals surface area contributed by atoms with Crippen LogP contribution in [-0.4, -0.2) is 80.3 Å². The third-order valence-electron chi connectivity index (χ3n) is 5.58. The van der Waals surface area contributed by atoms with Crippen molar-refractivity contribution in [3.05, 3.63) is 48.5 Å². The lowest BCUT2D eigenvalue weighted by Gasteiger charge is -2.28. The van der Waals surface area contributed by atoms with Crippen LogP contribution in [0.2, 0.25) is 0 Å². The molecule has 3 N–H and O–H groups in total. The number of carbonyl (C=O) groups excluding carboxylic acids is 3. The summed E-state index contributed by atoms with van der Waals surface area (Å²) >= 11 is 0. The maximum Gasteiger partial charge on any atom is 0.414 e. The molecule has 4 amide bonds. The molecule has 1 saturated heterocycles. The number of nitrogens with one attached hydrogen (secondary N) is 3. The van der Waals surface area contributed by atoms with Gasteiger partial charge in [-0.3, -0.25) is 19.7 Å². The van der Waals surface area contributed by atoms with Gasteiger partial charge in [0, 0.05) is 38.2 Å². The Morgan fingerprint density at radius 2 is 1.95 bits per heavy atom. The molecule has 37 heavy (non-hydrogen) atoms. The van der Waals surface area contributed by atoms with E-state index in [2.05, 4.69) is 15.7 Å². The monoisotopic (exact) mass is 523 g/mol. The number of amides is 4. The van der Waals surface area contributed by atoms with Gasteiger partial charge in [-0.2, -0.15) is 8.78 Å². The zero-order valence-corrected chi connectivity index (χ0v) is 20.3. The molecule has 1 aliphatic rings. The lowest BCUT2D eigenvalue weighted by Crippen LogP contribution is -2.47. The summed E-state index contributed by atoms with van der Waals surface area (Å²) in [5, 5.41) is 6.08. The van der Waals surface area contributed by atoms with E-state index in [1.54, 1.807) is 36.5 Å². The third-order valence-corrected chi connectivity index (χ3v) is 5.58. The molecule has 0 bridgehead atoms. The summed E-state index contributed by atoms with van der Waals surface area (Å²) in [6, 6.07) is 7.12. The second-order valence-corrected chi connectivity index (χ2v) is 7.92. The Kier molecular flexibility index (Phi) is 9.49. The first kappa shape index (κ1) is 27.5. The van der Waals surface area contributed by atoms with E-state index in [4.69, 9.17) is 4.74 Å². The minimum Gasteiger partial charge on any atom is -0.442 e. The van der Waals surface area contributed by atoms with Crippen LogP contribution >= 0.6 is 0 Å². The van der Waals surface area contributed by atoms with Crippen LogP contribution in [0.5, 0.6) is 0 Å². The minimum atomic E-state index is -3.17. The molecule has 3 rings (SSSR count). The average Bonchev–Trinajstić information content (AvgIpc) is 3.26. The van der Waals surface area contributed by atoms with E-state index >= 15 is 4.39 Å². The summed E-state index contributed by atoms with van der Waals surface area (Å²) in [5.41, 5.74) is 3.87. The van der Waals surface area contributed by atoms with Crippen molar-refractivity contribution in [3.63, 3.8) is 0 Å². The second-order valence-electron chi connectivity index (χ2n) is 7.92. The number of halogens is 3. The highest BCUT2D eigenvalue weighted by Crippen LogP contribution is 2.28. The van der Waals surface area contributed by atoms with Crippen molar-refractivity contribution in [2.45, 2.75) is 19.5 Å². The molecule has 1 atom stereocenters. The smallest absolute Gasteiger partial charge is 0.414 e. The van der Waals surface area contributed by atoms with Crippen molar-refractivity contribution in [1.82, 2.24) is 20.7 Å². The second kappa shape index (κ2) is 12.8. The van der Waals surface area contributed by atoms with Crippen LogP contribution in [0.15, 0.2) is 42.7 Å². The fraction of sp³-hybridized carbons (Fsp3) is 0.391. The molecule has 200 valence electrons. The van der Waals surface area contributed by atoms with Crippen molar-refractivity contribution in [3.8, 4) is 0 Å². The van der Waals surface area contributed by atoms with Gasteiger partial charge in [-0.15, -0.1) is 0 Å². The van der Waals surface area contributed by atoms with Crippen LogP contribution in [0.1, 0.15) is 6.92 Å². The molecule has 2 aromatic rings. The number of ether oxygens (including phenoxy) is 1. The van der Waals surface area contributed by atoms with Crippen molar-refractivity contribution < 1.29 is 32.3 Å². The highest BCUT2D eigenvalue weighted by atomic mass is 19.3. The maximum absolute atomic E-state index is 15.1. The Hall–Kier alpha value is -4.07. The van der Waals surface area contributed by atoms with Gasteiger partial charge >= 0.3 is 18.5 Å². The Labute approximate surface area is 211 Å². The number of hydrogen-bond donors (Lipinski definition) is 3. The Morgan fingerprint density at radius 3 is 2.57 bits per heavy atom. The molecule has 0 aliphatic carbocycles. The van der Waals surface area contributed by atoms with Crippen molar-refractivity contribution in [2.75, 3.05) is 54.9 Å². The molecule has 14 heteroatoms. The zero-order valence-electron chi connectivity index (χ0n) is 20.3. The van der Waals surface area contributed by atoms with E-state index in [0.29, 0.717) is 18.8 Å². The highest BCUT2D eigenvalue weighted by molar-refractivity contribution is 5.90. The first-order valence-electron chi connectivity index (χ1n) is 11.5. The van der Waals surface area contributed by atoms with Gasteiger partial charge in [-0.25, -0.2) is 19.4 Å². The third kappa shape index (κ3) is 7.22. The molecule has 1 aliphatic heterocycles. The van der Waals surface area contributed by atoms with Gasteiger partial charge in [0.15, 0.2) is 0 Å². The highest BCUT2D eigenvalue weighted by Gasteiger charge is 2.33. The van der Waals surface area contributed by atoms with Gasteiger partial charge < -0.3 is 20.3 Å². The van der Waals surface area contributed by atoms with Crippen LogP contribution in [0, 0.1) is 5.82 Å². The number of urea groups is 1. The summed E-state index contributed by atoms with van der Waals surface area (Å²) in [6.45, 7) is 2.48. The molecule has 0 unspecified atom stereocenters. The van der Waals surface area contributed by atoms with Gasteiger partial charge in [0.1, 0.15) is 11.9 Å². The van der Waals surface area contributed by atoms with E-state index in [1.165, 1.54) is 23.2 Å². The summed E-state index contributed by atoms with van der Waals surface area (Å²) in [6.07, 6.45) is -1.70. The van der Waals surface area contributed by atoms with Gasteiger partial charge in [-0.1, -0.05) is 0 Å². The minimum absolute atomic E-state index is 0.0393. The molecular formula is C23H28F3N7O4. The average molecular weight is 524 g/mol. The van der Waals surface area contributed by atoms with Gasteiger partial charge in [-0.05, 0) is 37.3 Å². The maximum atomic E-state index is 15.1. The topological polar surface area (TPSA) is 119 Å². The quantitative estimate of drug-likeness (QED) is 0.387. The number of cyclic esters (lactones) is 1. The summed E-state index contributed by atoms with van der Waals surface area (Å²) < 4.78 is 44.8. The number of carbonyl (C=O) groups is 3. The van der Waals surface area contributed by atoms with Crippen molar-refractivity contribution in [1.29, 1.82) is 0 Å². The molecule has 1 fully saturated rings. The molecule has 0 radical (unpaired) electrons. The standard InChI is InChI=1S/C23H28F3N7O4/c1-3-31(10-11-33(27-2)22(35)30-15-6-8-28-9-7-15)19-5-4-16(12-18(19)24)32-14-17(37-23(32)36)13-29-21(34)20(25)26/h4-9,12,17,20,27H,3,10-11,13-14H2,1-2H3,(H,29,34)(H,28,30,35)/t17-/m0/s1. The normalized spacial score (nSPS) is 14.9. The van der Waals surface area contributed by atoms with Gasteiger partial charge in [0.2, 0.25) is 0 Å². The predicted octanol–water partition coefficient (Wildman–Crippen LogP) is 2.42. The lowest BCUT2D eigenvalue weighted by atomic mass is 10.2. The zero-order chi connectivity index (χ0) is 26.9. The van der Waals surface area contributed by atoms with Crippen LogP contribution in [0.25, 0.3) is 0 Å². The van der Waals surface area contributed by atoms with E-state index in [-0.39, 0.29) is 31.0 Å². The molecule has 0 saturated carbocycles. The lowest BCUT2D eigenvalue weighted by molar-refractivity contribution is -0.132. The van der Waals surface area contributed by atoms with Gasteiger partial charge in [0.05, 0.1) is 31.0 Å². The van der Waals surface area contributed by atoms with Crippen LogP contribution in [0.4, 0.5) is 39.8 Å². The Morgan fingerprint density at radius 1 is 1.22 bits per heavy atom. The number of rotatable bonds is 11. The number of benzene rings is 1. The van der Waals surface area contributed by atoms with Gasteiger partial charge in [0.25, 0.3) is 5.91 Å². The molecule has 1 aromatic carbocycles. The summed E-state index contributed by atoms with van der Waals surface area (Å²) in [7, 11) is 1.60. The van der Waals surface area contributed by atoms with E-state index < -0.39 is 36.4 Å². The first-order valence-corrected chi connectivity index (χ1v) is 11.5. The molecule has 0 spiro atoms. The van der Waals surface area contributed by atoms with Crippen LogP contribution < -0.4 is 25.9 Å². The van der Waals surface area contributed by atoms with E-state index in [1.807, 2.05) is 12.2 Å². The molecule has 11 nitrogen and oxygen atoms in total. The van der Waals surface area contributed by atoms with Crippen LogP contribution in [0.3, 0.4) is 0 Å². The van der Waals surface area contributed by atoms with Crippen LogP contribution in [-0.2, 0) is 9.53 Å². The Bertz CT molecular complexity index is 1090. The predicted molar refractivity (Wildman–Crippen MR) is 130 cm³/mol. The molecular weight excluding hydrogens is 495 g/mol. The van der Waals surface area contributed by atoms with Crippen molar-refractivity contribution >= 4 is 35.1 Å². The number of pyridine rings is 1. The molecule has 2 heterocycles. The summed E-state index contributed by atoms with van der Waals surface area (Å²) in [4.78, 5) is 42.6. The Balaban J connectivity index is 1.60. The number of hydrazine groups is 1. The van der Waals surface area contributed by atoms with E-state index in [9.17, 15) is 23.2 Å².